The molecular formula is C38H45N7O4. The molecule has 1 aliphatic carbocycles. The summed E-state index contributed by atoms with van der Waals surface area (Å²) in [6.45, 7) is 5.54. The minimum absolute atomic E-state index is 0.0451. The fraction of sp³-hybridized carbons (Fsp3) is 0.447. The average Bonchev–Trinajstić information content (AvgIpc) is 3.60. The summed E-state index contributed by atoms with van der Waals surface area (Å²) in [4.78, 5) is 64.3. The average molecular weight is 664 g/mol. The number of fused-ring (bicyclic) bond motifs is 3. The third kappa shape index (κ3) is 6.05. The zero-order valence-electron chi connectivity index (χ0n) is 28.4. The molecule has 2 saturated heterocycles. The molecule has 256 valence electrons. The van der Waals surface area contributed by atoms with E-state index in [9.17, 15) is 19.2 Å². The predicted octanol–water partition coefficient (Wildman–Crippen LogP) is 4.07. The Kier molecular flexibility index (Phi) is 8.87. The Morgan fingerprint density at radius 1 is 0.939 bits per heavy atom. The molecule has 11 nitrogen and oxygen atoms in total. The zero-order valence-corrected chi connectivity index (χ0v) is 28.4. The van der Waals surface area contributed by atoms with E-state index >= 15 is 0 Å². The van der Waals surface area contributed by atoms with E-state index < -0.39 is 10.8 Å². The second-order valence-corrected chi connectivity index (χ2v) is 14.0. The lowest BCUT2D eigenvalue weighted by atomic mass is 9.74. The van der Waals surface area contributed by atoms with Crippen molar-refractivity contribution in [3.05, 3.63) is 88.6 Å². The van der Waals surface area contributed by atoms with Gasteiger partial charge in [-0.3, -0.25) is 14.4 Å². The van der Waals surface area contributed by atoms with Crippen LogP contribution in [-0.2, 0) is 45.7 Å². The number of hydrogen-bond donors (Lipinski definition) is 3. The number of likely N-dealkylation sites (tertiary alicyclic amines) is 2. The van der Waals surface area contributed by atoms with Crippen molar-refractivity contribution in [3.63, 3.8) is 0 Å². The first kappa shape index (κ1) is 32.8. The molecule has 1 aromatic heterocycles. The molecule has 3 N–H and O–H groups in total. The van der Waals surface area contributed by atoms with Crippen LogP contribution in [0.3, 0.4) is 0 Å². The number of carbonyl (C=O) groups excluding carboxylic acids is 4. The van der Waals surface area contributed by atoms with Gasteiger partial charge in [-0.1, -0.05) is 43.3 Å². The maximum absolute atomic E-state index is 14.6. The van der Waals surface area contributed by atoms with Crippen LogP contribution in [0.2, 0.25) is 0 Å². The highest BCUT2D eigenvalue weighted by atomic mass is 16.2. The molecule has 1 spiro atoms. The number of hydrogen-bond acceptors (Lipinski definition) is 6. The van der Waals surface area contributed by atoms with Crippen molar-refractivity contribution in [2.45, 2.75) is 64.0 Å². The van der Waals surface area contributed by atoms with E-state index in [1.54, 1.807) is 11.1 Å². The van der Waals surface area contributed by atoms with Gasteiger partial charge in [-0.2, -0.15) is 0 Å². The largest absolute Gasteiger partial charge is 0.329 e. The summed E-state index contributed by atoms with van der Waals surface area (Å²) in [5.41, 5.74) is 4.36. The zero-order chi connectivity index (χ0) is 34.2. The smallest absolute Gasteiger partial charge is 0.320 e. The van der Waals surface area contributed by atoms with E-state index in [-0.39, 0.29) is 30.3 Å². The third-order valence-electron chi connectivity index (χ3n) is 11.2. The normalized spacial score (nSPS) is 20.3. The number of anilines is 2. The Morgan fingerprint density at radius 2 is 1.67 bits per heavy atom. The van der Waals surface area contributed by atoms with Crippen LogP contribution in [0.25, 0.3) is 0 Å². The number of benzene rings is 2. The van der Waals surface area contributed by atoms with Gasteiger partial charge >= 0.3 is 6.03 Å². The van der Waals surface area contributed by atoms with E-state index in [4.69, 9.17) is 0 Å². The predicted molar refractivity (Wildman–Crippen MR) is 187 cm³/mol. The summed E-state index contributed by atoms with van der Waals surface area (Å²) in [6, 6.07) is 17.7. The second-order valence-electron chi connectivity index (χ2n) is 14.0. The maximum Gasteiger partial charge on any atom is 0.320 e. The van der Waals surface area contributed by atoms with E-state index in [1.807, 2.05) is 78.4 Å². The third-order valence-corrected chi connectivity index (χ3v) is 11.2. The minimum Gasteiger partial charge on any atom is -0.329 e. The maximum atomic E-state index is 14.6. The summed E-state index contributed by atoms with van der Waals surface area (Å²) in [5.74, 6) is 0.247. The van der Waals surface area contributed by atoms with Crippen LogP contribution in [-0.4, -0.2) is 83.2 Å². The van der Waals surface area contributed by atoms with Gasteiger partial charge in [0.05, 0.1) is 10.8 Å². The van der Waals surface area contributed by atoms with Gasteiger partial charge in [0, 0.05) is 56.7 Å². The minimum atomic E-state index is -0.692. The van der Waals surface area contributed by atoms with Crippen molar-refractivity contribution in [2.75, 3.05) is 50.4 Å². The molecule has 7 rings (SSSR count). The summed E-state index contributed by atoms with van der Waals surface area (Å²) in [7, 11) is 1.89. The number of carbonyl (C=O) groups is 4. The Morgan fingerprint density at radius 3 is 2.39 bits per heavy atom. The molecule has 11 heteroatoms. The molecule has 0 unspecified atom stereocenters. The highest BCUT2D eigenvalue weighted by Gasteiger charge is 2.51. The van der Waals surface area contributed by atoms with Gasteiger partial charge in [-0.05, 0) is 86.0 Å². The summed E-state index contributed by atoms with van der Waals surface area (Å²) in [5, 5.41) is 9.21. The summed E-state index contributed by atoms with van der Waals surface area (Å²) < 4.78 is 0. The first-order valence-electron chi connectivity index (χ1n) is 17.5. The van der Waals surface area contributed by atoms with Gasteiger partial charge in [0.1, 0.15) is 12.4 Å². The van der Waals surface area contributed by atoms with E-state index in [0.717, 1.165) is 47.3 Å². The topological polar surface area (TPSA) is 127 Å². The number of urea groups is 1. The molecule has 2 fully saturated rings. The van der Waals surface area contributed by atoms with Crippen LogP contribution >= 0.6 is 0 Å². The van der Waals surface area contributed by atoms with Gasteiger partial charge in [0.2, 0.25) is 17.7 Å². The number of piperidine rings is 1. The summed E-state index contributed by atoms with van der Waals surface area (Å²) in [6.07, 6.45) is 5.59. The highest BCUT2D eigenvalue weighted by Crippen LogP contribution is 2.47. The van der Waals surface area contributed by atoms with Crippen molar-refractivity contribution in [1.29, 1.82) is 0 Å². The molecule has 0 bridgehead atoms. The molecule has 3 aromatic rings. The van der Waals surface area contributed by atoms with E-state index in [0.29, 0.717) is 69.8 Å². The van der Waals surface area contributed by atoms with Crippen LogP contribution in [0, 0.1) is 5.41 Å². The Bertz CT molecular complexity index is 1780. The fourth-order valence-corrected chi connectivity index (χ4v) is 8.09. The van der Waals surface area contributed by atoms with Crippen molar-refractivity contribution in [3.8, 4) is 0 Å². The first-order chi connectivity index (χ1) is 23.7. The number of amides is 5. The number of aromatic nitrogens is 1. The van der Waals surface area contributed by atoms with E-state index in [1.165, 1.54) is 0 Å². The van der Waals surface area contributed by atoms with Gasteiger partial charge in [-0.25, -0.2) is 9.78 Å². The Hall–Kier alpha value is -4.77. The molecule has 0 saturated carbocycles. The van der Waals surface area contributed by atoms with Crippen LogP contribution in [0.5, 0.6) is 0 Å². The number of rotatable bonds is 9. The van der Waals surface area contributed by atoms with Crippen LogP contribution < -0.4 is 16.0 Å². The molecule has 49 heavy (non-hydrogen) atoms. The molecule has 5 amide bonds. The van der Waals surface area contributed by atoms with Crippen molar-refractivity contribution < 1.29 is 19.2 Å². The number of nitrogens with zero attached hydrogens (tertiary/aromatic N) is 4. The van der Waals surface area contributed by atoms with Gasteiger partial charge in [-0.15, -0.1) is 0 Å². The molecule has 0 radical (unpaired) electrons. The van der Waals surface area contributed by atoms with Gasteiger partial charge in [0.25, 0.3) is 0 Å². The van der Waals surface area contributed by atoms with Crippen LogP contribution in [0.1, 0.15) is 60.4 Å². The monoisotopic (exact) mass is 663 g/mol. The van der Waals surface area contributed by atoms with Crippen molar-refractivity contribution in [2.24, 2.45) is 5.41 Å². The SMILES string of the molecule is CCC1(C(=O)N(CC(=O)Nc2ccc3c(c2)C[C@@]2(C3)C(=O)Nc3ncccc32)Cc2ccccc2CNC)CCN(C(=O)N2CCC2)CC1. The Labute approximate surface area is 287 Å². The summed E-state index contributed by atoms with van der Waals surface area (Å²) >= 11 is 0. The number of pyridine rings is 1. The molecule has 4 heterocycles. The lowest BCUT2D eigenvalue weighted by molar-refractivity contribution is -0.147. The molecule has 1 atom stereocenters. The van der Waals surface area contributed by atoms with Gasteiger partial charge < -0.3 is 30.7 Å². The van der Waals surface area contributed by atoms with Crippen LogP contribution in [0.15, 0.2) is 60.8 Å². The lowest BCUT2D eigenvalue weighted by Gasteiger charge is -2.45. The lowest BCUT2D eigenvalue weighted by Crippen LogP contribution is -2.56. The van der Waals surface area contributed by atoms with Crippen molar-refractivity contribution >= 4 is 35.3 Å². The fourth-order valence-electron chi connectivity index (χ4n) is 8.09. The molecule has 2 aromatic carbocycles. The highest BCUT2D eigenvalue weighted by molar-refractivity contribution is 6.06. The van der Waals surface area contributed by atoms with Crippen molar-refractivity contribution in [1.82, 2.24) is 25.0 Å². The number of nitrogens with one attached hydrogen (secondary N) is 3. The molecule has 3 aliphatic heterocycles. The first-order valence-corrected chi connectivity index (χ1v) is 17.5. The van der Waals surface area contributed by atoms with Crippen LogP contribution in [0.4, 0.5) is 16.3 Å². The second kappa shape index (κ2) is 13.3. The van der Waals surface area contributed by atoms with E-state index in [2.05, 4.69) is 20.9 Å². The molecule has 4 aliphatic rings. The van der Waals surface area contributed by atoms with Gasteiger partial charge in [0.15, 0.2) is 0 Å². The standard InChI is InChI=1S/C38H45N7O4/c1-3-37(13-18-44(19-14-37)36(49)43-16-7-17-43)35(48)45(24-28-9-5-4-8-27(28)23-39-2)25-32(46)41-30-12-11-26-21-38(22-29(26)20-30)31-10-6-15-40-33(31)42-34(38)47/h4-6,8-12,15,20,39H,3,7,13-14,16-19,21-25H2,1-2H3,(H,41,46)(H,40,42,47)/t38-/m1/s1. The quantitative estimate of drug-likeness (QED) is 0.317. The molecular weight excluding hydrogens is 618 g/mol. The Balaban J connectivity index is 1.09.